The van der Waals surface area contributed by atoms with E-state index in [2.05, 4.69) is 27.8 Å². The Morgan fingerprint density at radius 2 is 1.50 bits per heavy atom. The quantitative estimate of drug-likeness (QED) is 0.100. The zero-order valence-corrected chi connectivity index (χ0v) is 21.5. The van der Waals surface area contributed by atoms with Crippen LogP contribution in [0.1, 0.15) is 34.0 Å². The van der Waals surface area contributed by atoms with Crippen molar-refractivity contribution < 1.29 is 35.1 Å². The van der Waals surface area contributed by atoms with Crippen LogP contribution in [0.3, 0.4) is 0 Å². The summed E-state index contributed by atoms with van der Waals surface area (Å²) < 4.78 is 0. The van der Waals surface area contributed by atoms with Crippen molar-refractivity contribution in [3.05, 3.63) is 100 Å². The molecule has 1 unspecified atom stereocenters. The summed E-state index contributed by atoms with van der Waals surface area (Å²) in [4.78, 5) is 36.2. The van der Waals surface area contributed by atoms with Gasteiger partial charge >= 0.3 is 0 Å². The zero-order chi connectivity index (χ0) is 29.1. The second-order valence-corrected chi connectivity index (χ2v) is 8.73. The molecular formula is C28H29N5O7. The largest absolute Gasteiger partial charge is 0.595 e. The lowest BCUT2D eigenvalue weighted by Crippen LogP contribution is -2.99. The van der Waals surface area contributed by atoms with Crippen LogP contribution < -0.4 is 26.7 Å². The Morgan fingerprint density at radius 3 is 2.02 bits per heavy atom. The van der Waals surface area contributed by atoms with Gasteiger partial charge in [-0.15, -0.1) is 0 Å². The number of nitrogens with one attached hydrogen (secondary N) is 5. The third kappa shape index (κ3) is 9.00. The van der Waals surface area contributed by atoms with E-state index in [9.17, 15) is 24.7 Å². The van der Waals surface area contributed by atoms with Crippen molar-refractivity contribution in [2.24, 2.45) is 0 Å². The Morgan fingerprint density at radius 1 is 0.925 bits per heavy atom. The number of hydrogen-bond acceptors (Lipinski definition) is 8. The summed E-state index contributed by atoms with van der Waals surface area (Å²) in [5, 5.41) is 45.4. The number of aliphatic hydroxyl groups excluding tert-OH is 1. The average Bonchev–Trinajstić information content (AvgIpc) is 2.95. The Hall–Kier alpha value is -4.61. The maximum Gasteiger partial charge on any atom is 0.268 e. The summed E-state index contributed by atoms with van der Waals surface area (Å²) in [5.41, 5.74) is 4.65. The fraction of sp³-hybridized carbons (Fsp3) is 0.179. The van der Waals surface area contributed by atoms with Gasteiger partial charge in [0.15, 0.2) is 5.69 Å². The fourth-order valence-corrected chi connectivity index (χ4v) is 3.48. The molecule has 12 nitrogen and oxygen atoms in total. The molecule has 12 heteroatoms. The van der Waals surface area contributed by atoms with E-state index in [-0.39, 0.29) is 23.7 Å². The molecule has 0 fully saturated rings. The minimum absolute atomic E-state index is 0.0740. The van der Waals surface area contributed by atoms with Crippen LogP contribution in [0, 0.1) is 17.0 Å². The second kappa shape index (κ2) is 14.5. The first-order valence-corrected chi connectivity index (χ1v) is 12.1. The molecule has 3 aromatic rings. The summed E-state index contributed by atoms with van der Waals surface area (Å²) in [5.74, 6) is 4.20. The lowest BCUT2D eigenvalue weighted by Gasteiger charge is -2.19. The van der Waals surface area contributed by atoms with Crippen molar-refractivity contribution in [3.8, 4) is 11.8 Å². The van der Waals surface area contributed by atoms with Gasteiger partial charge in [0.2, 0.25) is 5.91 Å². The number of benzene rings is 3. The molecule has 0 bridgehead atoms. The average molecular weight is 548 g/mol. The van der Waals surface area contributed by atoms with E-state index in [1.54, 1.807) is 48.5 Å². The molecule has 40 heavy (non-hydrogen) atoms. The second-order valence-electron chi connectivity index (χ2n) is 8.73. The first-order chi connectivity index (χ1) is 19.2. The van der Waals surface area contributed by atoms with Gasteiger partial charge in [-0.05, 0) is 61.0 Å². The number of amides is 3. The molecule has 208 valence electrons. The maximum atomic E-state index is 12.4. The summed E-state index contributed by atoms with van der Waals surface area (Å²) in [6.45, 7) is 1.80. The van der Waals surface area contributed by atoms with Crippen molar-refractivity contribution in [2.75, 3.05) is 11.9 Å². The number of rotatable bonds is 10. The molecule has 8 N–H and O–H groups in total. The number of quaternary nitrogens is 1. The lowest BCUT2D eigenvalue weighted by molar-refractivity contribution is -0.991. The number of anilines is 1. The molecule has 0 aliphatic carbocycles. The summed E-state index contributed by atoms with van der Waals surface area (Å²) in [7, 11) is 0. The van der Waals surface area contributed by atoms with Crippen molar-refractivity contribution in [1.29, 1.82) is 0 Å². The molecule has 0 saturated heterocycles. The number of hydrogen-bond donors (Lipinski definition) is 8. The van der Waals surface area contributed by atoms with Crippen molar-refractivity contribution in [1.82, 2.24) is 16.1 Å². The highest BCUT2D eigenvalue weighted by molar-refractivity contribution is 5.97. The Balaban J connectivity index is 1.48. The number of carbonyl (C=O) groups excluding carboxylic acids is 3. The Bertz CT molecular complexity index is 1360. The van der Waals surface area contributed by atoms with Crippen molar-refractivity contribution in [2.45, 2.75) is 25.6 Å². The highest BCUT2D eigenvalue weighted by Gasteiger charge is 2.25. The molecule has 3 amide bonds. The Labute approximate surface area is 230 Å². The van der Waals surface area contributed by atoms with Gasteiger partial charge in [-0.3, -0.25) is 19.6 Å². The van der Waals surface area contributed by atoms with Gasteiger partial charge in [0.25, 0.3) is 11.8 Å². The molecule has 0 heterocycles. The predicted molar refractivity (Wildman–Crippen MR) is 144 cm³/mol. The van der Waals surface area contributed by atoms with Gasteiger partial charge < -0.3 is 26.3 Å². The monoisotopic (exact) mass is 547 g/mol. The van der Waals surface area contributed by atoms with Crippen molar-refractivity contribution in [3.63, 3.8) is 0 Å². The molecule has 0 saturated carbocycles. The third-order valence-electron chi connectivity index (χ3n) is 5.64. The van der Waals surface area contributed by atoms with Crippen LogP contribution in [0.4, 0.5) is 11.4 Å². The SMILES string of the molecule is C[C@@H](O)[C@H](NC(=O)c1ccc(C#Cc2ccc(NC(=O)CNCc3ccc([NH+]([O-])O)cc3)cc2)cc1)C(=O)NO. The van der Waals surface area contributed by atoms with Gasteiger partial charge in [-0.2, -0.15) is 5.23 Å². The van der Waals surface area contributed by atoms with Crippen LogP contribution in [0.5, 0.6) is 0 Å². The first-order valence-electron chi connectivity index (χ1n) is 12.1. The normalized spacial score (nSPS) is 12.7. The van der Waals surface area contributed by atoms with Crippen LogP contribution in [0.2, 0.25) is 0 Å². The van der Waals surface area contributed by atoms with Crippen LogP contribution in [0.25, 0.3) is 0 Å². The highest BCUT2D eigenvalue weighted by Crippen LogP contribution is 2.10. The lowest BCUT2D eigenvalue weighted by atomic mass is 10.1. The number of aliphatic hydroxyl groups is 1. The molecule has 0 aliphatic rings. The van der Waals surface area contributed by atoms with Crippen LogP contribution in [-0.4, -0.2) is 51.9 Å². The molecule has 0 spiro atoms. The van der Waals surface area contributed by atoms with E-state index in [1.807, 2.05) is 0 Å². The van der Waals surface area contributed by atoms with Crippen LogP contribution in [0.15, 0.2) is 72.8 Å². The maximum absolute atomic E-state index is 12.4. The van der Waals surface area contributed by atoms with Gasteiger partial charge in [-0.1, -0.05) is 24.0 Å². The zero-order valence-electron chi connectivity index (χ0n) is 21.5. The summed E-state index contributed by atoms with van der Waals surface area (Å²) in [6, 6.07) is 18.3. The number of carbonyl (C=O) groups is 3. The molecule has 0 aromatic heterocycles. The smallest absolute Gasteiger partial charge is 0.268 e. The van der Waals surface area contributed by atoms with E-state index in [0.29, 0.717) is 23.4 Å². The van der Waals surface area contributed by atoms with Gasteiger partial charge in [0.05, 0.1) is 12.6 Å². The fourth-order valence-electron chi connectivity index (χ4n) is 3.48. The minimum Gasteiger partial charge on any atom is -0.595 e. The number of hydroxylamine groups is 1. The van der Waals surface area contributed by atoms with E-state index < -0.39 is 29.2 Å². The third-order valence-corrected chi connectivity index (χ3v) is 5.64. The van der Waals surface area contributed by atoms with E-state index in [1.165, 1.54) is 36.7 Å². The van der Waals surface area contributed by atoms with Crippen LogP contribution in [-0.2, 0) is 16.1 Å². The topological polar surface area (TPSA) is 188 Å². The first kappa shape index (κ1) is 29.9. The van der Waals surface area contributed by atoms with Gasteiger partial charge in [0.1, 0.15) is 6.04 Å². The molecule has 0 radical (unpaired) electrons. The standard InChI is InChI=1S/C28H29N5O7/c1-18(34)26(28(37)32-38)31-27(36)22-10-4-19(5-11-22)2-3-20-6-12-23(13-7-20)30-25(35)17-29-16-21-8-14-24(15-9-21)33(39)40/h4-15,18,26,29,33-34,38-39H,16-17H2,1H3,(H,30,35)(H,31,36)(H,32,37)/t18-,26+/m1/s1. The molecular weight excluding hydrogens is 518 g/mol. The molecule has 3 aromatic carbocycles. The van der Waals surface area contributed by atoms with Gasteiger partial charge in [-0.25, -0.2) is 10.7 Å². The van der Waals surface area contributed by atoms with Crippen molar-refractivity contribution >= 4 is 29.1 Å². The van der Waals surface area contributed by atoms with Crippen LogP contribution >= 0.6 is 0 Å². The molecule has 3 atom stereocenters. The summed E-state index contributed by atoms with van der Waals surface area (Å²) in [6.07, 6.45) is -1.21. The summed E-state index contributed by atoms with van der Waals surface area (Å²) >= 11 is 0. The predicted octanol–water partition coefficient (Wildman–Crippen LogP) is 0.203. The van der Waals surface area contributed by atoms with E-state index in [4.69, 9.17) is 10.4 Å². The van der Waals surface area contributed by atoms with Gasteiger partial charge in [0, 0.05) is 41.1 Å². The van der Waals surface area contributed by atoms with E-state index in [0.717, 1.165) is 5.56 Å². The molecule has 3 rings (SSSR count). The van der Waals surface area contributed by atoms with E-state index >= 15 is 0 Å². The molecule has 0 aliphatic heterocycles. The Kier molecular flexibility index (Phi) is 10.9. The highest BCUT2D eigenvalue weighted by atomic mass is 16.8. The minimum atomic E-state index is -1.31.